The molecule has 0 saturated carbocycles. The summed E-state index contributed by atoms with van der Waals surface area (Å²) in [7, 11) is 0. The Hall–Kier alpha value is -2.61. The van der Waals surface area contributed by atoms with Crippen LogP contribution in [0.2, 0.25) is 0 Å². The minimum atomic E-state index is -0.500. The second kappa shape index (κ2) is 5.36. The van der Waals surface area contributed by atoms with Crippen molar-refractivity contribution in [3.8, 4) is 11.8 Å². The first-order valence-electron chi connectivity index (χ1n) is 5.83. The first kappa shape index (κ1) is 12.8. The number of nitriles is 1. The molecule has 0 saturated heterocycles. The molecule has 0 unspecified atom stereocenters. The van der Waals surface area contributed by atoms with Crippen LogP contribution in [0.4, 0.5) is 0 Å². The summed E-state index contributed by atoms with van der Waals surface area (Å²) in [6.45, 7) is 3.55. The number of hydrogen-bond acceptors (Lipinski definition) is 5. The fourth-order valence-electron chi connectivity index (χ4n) is 1.68. The summed E-state index contributed by atoms with van der Waals surface area (Å²) in [5.74, 6) is 0.322. The lowest BCUT2D eigenvalue weighted by Gasteiger charge is -2.03. The molecule has 5 heteroatoms. The molecule has 0 radical (unpaired) electrons. The highest BCUT2D eigenvalue weighted by atomic mass is 16.5. The van der Waals surface area contributed by atoms with Crippen LogP contribution in [0, 0.1) is 18.3 Å². The predicted octanol–water partition coefficient (Wildman–Crippen LogP) is 2.64. The number of hydrogen-bond donors (Lipinski definition) is 0. The minimum Gasteiger partial charge on any atom is -0.423 e. The lowest BCUT2D eigenvalue weighted by Crippen LogP contribution is -2.11. The molecule has 0 aliphatic rings. The number of rotatable bonds is 3. The van der Waals surface area contributed by atoms with Gasteiger partial charge in [-0.15, -0.1) is 0 Å². The van der Waals surface area contributed by atoms with Crippen molar-refractivity contribution in [1.29, 1.82) is 5.26 Å². The molecule has 2 aromatic rings. The van der Waals surface area contributed by atoms with Crippen molar-refractivity contribution in [3.63, 3.8) is 0 Å². The molecule has 0 bridgehead atoms. The summed E-state index contributed by atoms with van der Waals surface area (Å²) in [5.41, 5.74) is 1.46. The third-order valence-electron chi connectivity index (χ3n) is 2.67. The summed E-state index contributed by atoms with van der Waals surface area (Å²) < 4.78 is 10.2. The Morgan fingerprint density at radius 1 is 1.42 bits per heavy atom. The van der Waals surface area contributed by atoms with Crippen molar-refractivity contribution in [3.05, 3.63) is 46.8 Å². The number of benzene rings is 1. The van der Waals surface area contributed by atoms with E-state index in [0.717, 1.165) is 0 Å². The van der Waals surface area contributed by atoms with E-state index in [1.807, 2.05) is 13.0 Å². The topological polar surface area (TPSA) is 76.1 Å². The maximum atomic E-state index is 12.0. The van der Waals surface area contributed by atoms with Gasteiger partial charge in [-0.2, -0.15) is 5.26 Å². The standard InChI is InChI=1S/C14H12N2O3/c1-3-12-13(9(2)19-16-12)14(17)18-11-6-4-10(8-15)5-7-11/h4-7H,3H2,1-2H3. The number of aryl methyl sites for hydroxylation is 2. The highest BCUT2D eigenvalue weighted by molar-refractivity contribution is 5.93. The highest BCUT2D eigenvalue weighted by Crippen LogP contribution is 2.18. The Morgan fingerprint density at radius 3 is 2.68 bits per heavy atom. The van der Waals surface area contributed by atoms with Crippen LogP contribution in [0.1, 0.15) is 34.3 Å². The lowest BCUT2D eigenvalue weighted by atomic mass is 10.1. The van der Waals surface area contributed by atoms with E-state index in [2.05, 4.69) is 5.16 Å². The van der Waals surface area contributed by atoms with Gasteiger partial charge in [0.15, 0.2) is 0 Å². The van der Waals surface area contributed by atoms with Gasteiger partial charge in [0.2, 0.25) is 0 Å². The van der Waals surface area contributed by atoms with Crippen molar-refractivity contribution in [2.75, 3.05) is 0 Å². The maximum absolute atomic E-state index is 12.0. The van der Waals surface area contributed by atoms with Crippen LogP contribution in [0.3, 0.4) is 0 Å². The smallest absolute Gasteiger partial charge is 0.349 e. The van der Waals surface area contributed by atoms with Gasteiger partial charge in [0.25, 0.3) is 0 Å². The Bertz CT molecular complexity index is 636. The molecule has 19 heavy (non-hydrogen) atoms. The third-order valence-corrected chi connectivity index (χ3v) is 2.67. The minimum absolute atomic E-state index is 0.367. The molecule has 0 N–H and O–H groups in total. The SMILES string of the molecule is CCc1noc(C)c1C(=O)Oc1ccc(C#N)cc1. The van der Waals surface area contributed by atoms with Crippen molar-refractivity contribution < 1.29 is 14.1 Å². The Morgan fingerprint density at radius 2 is 2.11 bits per heavy atom. The molecule has 2 rings (SSSR count). The van der Waals surface area contributed by atoms with Crippen LogP contribution >= 0.6 is 0 Å². The second-order valence-electron chi connectivity index (χ2n) is 3.94. The quantitative estimate of drug-likeness (QED) is 0.623. The van der Waals surface area contributed by atoms with Gasteiger partial charge in [-0.3, -0.25) is 0 Å². The van der Waals surface area contributed by atoms with E-state index in [1.165, 1.54) is 0 Å². The van der Waals surface area contributed by atoms with Crippen LogP contribution in [0.25, 0.3) is 0 Å². The largest absolute Gasteiger partial charge is 0.423 e. The molecule has 5 nitrogen and oxygen atoms in total. The molecule has 1 heterocycles. The predicted molar refractivity (Wildman–Crippen MR) is 66.7 cm³/mol. The van der Waals surface area contributed by atoms with Crippen molar-refractivity contribution >= 4 is 5.97 Å². The van der Waals surface area contributed by atoms with E-state index >= 15 is 0 Å². The average Bonchev–Trinajstić information content (AvgIpc) is 2.80. The number of nitrogens with zero attached hydrogens (tertiary/aromatic N) is 2. The number of ether oxygens (including phenoxy) is 1. The second-order valence-corrected chi connectivity index (χ2v) is 3.94. The molecule has 96 valence electrons. The van der Waals surface area contributed by atoms with Gasteiger partial charge in [-0.1, -0.05) is 12.1 Å². The number of aromatic nitrogens is 1. The van der Waals surface area contributed by atoms with E-state index in [-0.39, 0.29) is 0 Å². The molecule has 1 aromatic carbocycles. The molecular weight excluding hydrogens is 244 g/mol. The van der Waals surface area contributed by atoms with Crippen LogP contribution in [-0.4, -0.2) is 11.1 Å². The van der Waals surface area contributed by atoms with Crippen LogP contribution in [0.15, 0.2) is 28.8 Å². The van der Waals surface area contributed by atoms with Gasteiger partial charge < -0.3 is 9.26 Å². The average molecular weight is 256 g/mol. The summed E-state index contributed by atoms with van der Waals surface area (Å²) in [6, 6.07) is 8.32. The van der Waals surface area contributed by atoms with Crippen molar-refractivity contribution in [1.82, 2.24) is 5.16 Å². The van der Waals surface area contributed by atoms with Gasteiger partial charge in [-0.25, -0.2) is 4.79 Å². The summed E-state index contributed by atoms with van der Waals surface area (Å²) in [6.07, 6.45) is 0.592. The molecule has 0 atom stereocenters. The zero-order valence-corrected chi connectivity index (χ0v) is 10.6. The molecule has 0 aliphatic heterocycles. The van der Waals surface area contributed by atoms with Gasteiger partial charge in [0.05, 0.1) is 17.3 Å². The zero-order valence-electron chi connectivity index (χ0n) is 10.6. The van der Waals surface area contributed by atoms with E-state index < -0.39 is 5.97 Å². The summed E-state index contributed by atoms with van der Waals surface area (Å²) in [4.78, 5) is 12.0. The first-order chi connectivity index (χ1) is 9.15. The van der Waals surface area contributed by atoms with E-state index in [1.54, 1.807) is 31.2 Å². The van der Waals surface area contributed by atoms with Crippen molar-refractivity contribution in [2.45, 2.75) is 20.3 Å². The van der Waals surface area contributed by atoms with Crippen LogP contribution in [-0.2, 0) is 6.42 Å². The Kier molecular flexibility index (Phi) is 3.62. The van der Waals surface area contributed by atoms with E-state index in [9.17, 15) is 4.79 Å². The fourth-order valence-corrected chi connectivity index (χ4v) is 1.68. The van der Waals surface area contributed by atoms with Gasteiger partial charge >= 0.3 is 5.97 Å². The normalized spacial score (nSPS) is 9.95. The monoisotopic (exact) mass is 256 g/mol. The van der Waals surface area contributed by atoms with E-state index in [0.29, 0.717) is 34.8 Å². The molecule has 1 aromatic heterocycles. The molecular formula is C14H12N2O3. The molecule has 0 aliphatic carbocycles. The van der Waals surface area contributed by atoms with Gasteiger partial charge in [-0.05, 0) is 37.6 Å². The number of esters is 1. The Labute approximate surface area is 110 Å². The van der Waals surface area contributed by atoms with Crippen molar-refractivity contribution in [2.24, 2.45) is 0 Å². The third kappa shape index (κ3) is 2.63. The zero-order chi connectivity index (χ0) is 13.8. The fraction of sp³-hybridized carbons (Fsp3) is 0.214. The molecule has 0 amide bonds. The lowest BCUT2D eigenvalue weighted by molar-refractivity contribution is 0.0732. The molecule has 0 spiro atoms. The molecule has 0 fully saturated rings. The maximum Gasteiger partial charge on any atom is 0.349 e. The highest BCUT2D eigenvalue weighted by Gasteiger charge is 2.21. The first-order valence-corrected chi connectivity index (χ1v) is 5.83. The van der Waals surface area contributed by atoms with E-state index in [4.69, 9.17) is 14.5 Å². The Balaban J connectivity index is 2.21. The van der Waals surface area contributed by atoms with Gasteiger partial charge in [0, 0.05) is 0 Å². The van der Waals surface area contributed by atoms with Gasteiger partial charge in [0.1, 0.15) is 17.1 Å². The number of carbonyl (C=O) groups excluding carboxylic acids is 1. The summed E-state index contributed by atoms with van der Waals surface area (Å²) >= 11 is 0. The van der Waals surface area contributed by atoms with Crippen LogP contribution in [0.5, 0.6) is 5.75 Å². The van der Waals surface area contributed by atoms with Crippen LogP contribution < -0.4 is 4.74 Å². The summed E-state index contributed by atoms with van der Waals surface area (Å²) in [5, 5.41) is 12.5. The number of carbonyl (C=O) groups is 1.